The summed E-state index contributed by atoms with van der Waals surface area (Å²) < 4.78 is 0. The molecule has 0 spiro atoms. The molecular formula is C16H32N2. The van der Waals surface area contributed by atoms with Crippen molar-refractivity contribution < 1.29 is 0 Å². The lowest BCUT2D eigenvalue weighted by Gasteiger charge is -2.35. The van der Waals surface area contributed by atoms with Gasteiger partial charge >= 0.3 is 0 Å². The molecule has 0 aromatic heterocycles. The molecule has 0 unspecified atom stereocenters. The van der Waals surface area contributed by atoms with Gasteiger partial charge in [-0.1, -0.05) is 33.1 Å². The molecule has 2 rings (SSSR count). The summed E-state index contributed by atoms with van der Waals surface area (Å²) in [5, 5.41) is 0. The zero-order valence-corrected chi connectivity index (χ0v) is 12.5. The van der Waals surface area contributed by atoms with E-state index in [0.717, 1.165) is 12.0 Å². The molecule has 0 saturated heterocycles. The highest BCUT2D eigenvalue weighted by molar-refractivity contribution is 4.91. The van der Waals surface area contributed by atoms with Crippen LogP contribution in [0.1, 0.15) is 71.6 Å². The second-order valence-electron chi connectivity index (χ2n) is 7.12. The van der Waals surface area contributed by atoms with Crippen LogP contribution in [0.15, 0.2) is 0 Å². The van der Waals surface area contributed by atoms with Crippen LogP contribution in [0.3, 0.4) is 0 Å². The van der Waals surface area contributed by atoms with E-state index >= 15 is 0 Å². The summed E-state index contributed by atoms with van der Waals surface area (Å²) in [7, 11) is 0. The number of rotatable bonds is 7. The van der Waals surface area contributed by atoms with E-state index in [1.54, 1.807) is 0 Å². The van der Waals surface area contributed by atoms with Crippen LogP contribution < -0.4 is 5.73 Å². The summed E-state index contributed by atoms with van der Waals surface area (Å²) in [5.41, 5.74) is 6.73. The van der Waals surface area contributed by atoms with Gasteiger partial charge in [0, 0.05) is 18.1 Å². The van der Waals surface area contributed by atoms with Crippen LogP contribution in [0, 0.1) is 5.92 Å². The topological polar surface area (TPSA) is 29.3 Å². The fourth-order valence-electron chi connectivity index (χ4n) is 3.21. The molecule has 2 saturated carbocycles. The molecule has 2 aliphatic rings. The van der Waals surface area contributed by atoms with E-state index in [2.05, 4.69) is 18.7 Å². The molecule has 0 atom stereocenters. The maximum atomic E-state index is 6.56. The van der Waals surface area contributed by atoms with E-state index < -0.39 is 0 Å². The highest BCUT2D eigenvalue weighted by atomic mass is 15.2. The fourth-order valence-corrected chi connectivity index (χ4v) is 3.21. The van der Waals surface area contributed by atoms with Crippen molar-refractivity contribution in [1.82, 2.24) is 4.90 Å². The van der Waals surface area contributed by atoms with E-state index in [0.29, 0.717) is 0 Å². The van der Waals surface area contributed by atoms with E-state index in [-0.39, 0.29) is 5.54 Å². The standard InChI is InChI=1S/C16H32N2/c1-14(2)8-12-18(15-6-7-15)13-11-16(17)9-4-3-5-10-16/h14-15H,3-13,17H2,1-2H3. The van der Waals surface area contributed by atoms with Crippen molar-refractivity contribution in [3.63, 3.8) is 0 Å². The molecule has 2 nitrogen and oxygen atoms in total. The molecular weight excluding hydrogens is 220 g/mol. The molecule has 2 fully saturated rings. The molecule has 0 amide bonds. The summed E-state index contributed by atoms with van der Waals surface area (Å²) in [5.74, 6) is 0.827. The Morgan fingerprint density at radius 3 is 2.33 bits per heavy atom. The smallest absolute Gasteiger partial charge is 0.0166 e. The summed E-state index contributed by atoms with van der Waals surface area (Å²) in [6.45, 7) is 7.19. The van der Waals surface area contributed by atoms with Gasteiger partial charge in [0.2, 0.25) is 0 Å². The van der Waals surface area contributed by atoms with Crippen LogP contribution in [0.5, 0.6) is 0 Å². The van der Waals surface area contributed by atoms with Crippen LogP contribution in [0.25, 0.3) is 0 Å². The average Bonchev–Trinajstić information content (AvgIpc) is 3.14. The van der Waals surface area contributed by atoms with Gasteiger partial charge in [-0.15, -0.1) is 0 Å². The summed E-state index contributed by atoms with van der Waals surface area (Å²) in [4.78, 5) is 2.73. The van der Waals surface area contributed by atoms with Crippen LogP contribution in [0.2, 0.25) is 0 Å². The minimum absolute atomic E-state index is 0.170. The molecule has 0 heterocycles. The third-order valence-electron chi connectivity index (χ3n) is 4.80. The lowest BCUT2D eigenvalue weighted by molar-refractivity contribution is 0.195. The third kappa shape index (κ3) is 4.55. The molecule has 106 valence electrons. The van der Waals surface area contributed by atoms with Gasteiger partial charge in [-0.25, -0.2) is 0 Å². The zero-order chi connectivity index (χ0) is 13.0. The molecule has 2 aliphatic carbocycles. The number of nitrogens with two attached hydrogens (primary N) is 1. The van der Waals surface area contributed by atoms with Crippen LogP contribution in [-0.4, -0.2) is 29.6 Å². The van der Waals surface area contributed by atoms with E-state index in [4.69, 9.17) is 5.73 Å². The van der Waals surface area contributed by atoms with Gasteiger partial charge in [0.15, 0.2) is 0 Å². The Morgan fingerprint density at radius 1 is 1.11 bits per heavy atom. The first-order valence-corrected chi connectivity index (χ1v) is 8.12. The third-order valence-corrected chi connectivity index (χ3v) is 4.80. The van der Waals surface area contributed by atoms with Gasteiger partial charge in [0.25, 0.3) is 0 Å². The minimum atomic E-state index is 0.170. The predicted molar refractivity (Wildman–Crippen MR) is 78.7 cm³/mol. The van der Waals surface area contributed by atoms with Gasteiger partial charge in [0.1, 0.15) is 0 Å². The number of nitrogens with zero attached hydrogens (tertiary/aromatic N) is 1. The van der Waals surface area contributed by atoms with Gasteiger partial charge < -0.3 is 10.6 Å². The first-order chi connectivity index (χ1) is 8.59. The van der Waals surface area contributed by atoms with Gasteiger partial charge in [0.05, 0.1) is 0 Å². The fraction of sp³-hybridized carbons (Fsp3) is 1.00. The maximum absolute atomic E-state index is 6.56. The van der Waals surface area contributed by atoms with Crippen molar-refractivity contribution in [1.29, 1.82) is 0 Å². The van der Waals surface area contributed by atoms with Gasteiger partial charge in [-0.3, -0.25) is 0 Å². The Balaban J connectivity index is 1.74. The Bertz CT molecular complexity index is 239. The normalized spacial score (nSPS) is 23.8. The highest BCUT2D eigenvalue weighted by Gasteiger charge is 2.32. The highest BCUT2D eigenvalue weighted by Crippen LogP contribution is 2.32. The van der Waals surface area contributed by atoms with Gasteiger partial charge in [-0.05, 0) is 51.0 Å². The molecule has 2 N–H and O–H groups in total. The predicted octanol–water partition coefficient (Wildman–Crippen LogP) is 3.55. The summed E-state index contributed by atoms with van der Waals surface area (Å²) in [6, 6.07) is 0.899. The maximum Gasteiger partial charge on any atom is 0.0166 e. The van der Waals surface area contributed by atoms with Crippen molar-refractivity contribution in [3.05, 3.63) is 0 Å². The summed E-state index contributed by atoms with van der Waals surface area (Å²) >= 11 is 0. The van der Waals surface area contributed by atoms with Crippen molar-refractivity contribution in [2.45, 2.75) is 83.2 Å². The van der Waals surface area contributed by atoms with Crippen LogP contribution in [0.4, 0.5) is 0 Å². The van der Waals surface area contributed by atoms with E-state index in [1.165, 1.54) is 70.9 Å². The van der Waals surface area contributed by atoms with Crippen molar-refractivity contribution >= 4 is 0 Å². The molecule has 0 radical (unpaired) electrons. The van der Waals surface area contributed by atoms with Gasteiger partial charge in [-0.2, -0.15) is 0 Å². The molecule has 0 aromatic carbocycles. The Kier molecular flexibility index (Phi) is 5.08. The second kappa shape index (κ2) is 6.38. The lowest BCUT2D eigenvalue weighted by Crippen LogP contribution is -2.45. The molecule has 0 aromatic rings. The van der Waals surface area contributed by atoms with Crippen LogP contribution >= 0.6 is 0 Å². The Hall–Kier alpha value is -0.0800. The molecule has 18 heavy (non-hydrogen) atoms. The number of hydrogen-bond donors (Lipinski definition) is 1. The van der Waals surface area contributed by atoms with Crippen molar-refractivity contribution in [2.75, 3.05) is 13.1 Å². The molecule has 0 bridgehead atoms. The zero-order valence-electron chi connectivity index (χ0n) is 12.5. The van der Waals surface area contributed by atoms with E-state index in [9.17, 15) is 0 Å². The average molecular weight is 252 g/mol. The first-order valence-electron chi connectivity index (χ1n) is 8.12. The Morgan fingerprint density at radius 2 is 1.78 bits per heavy atom. The van der Waals surface area contributed by atoms with Crippen LogP contribution in [-0.2, 0) is 0 Å². The minimum Gasteiger partial charge on any atom is -0.325 e. The first kappa shape index (κ1) is 14.3. The second-order valence-corrected chi connectivity index (χ2v) is 7.12. The number of hydrogen-bond acceptors (Lipinski definition) is 2. The lowest BCUT2D eigenvalue weighted by atomic mass is 9.80. The van der Waals surface area contributed by atoms with Crippen molar-refractivity contribution in [2.24, 2.45) is 11.7 Å². The monoisotopic (exact) mass is 252 g/mol. The molecule has 2 heteroatoms. The van der Waals surface area contributed by atoms with Crippen molar-refractivity contribution in [3.8, 4) is 0 Å². The SMILES string of the molecule is CC(C)CCN(CCC1(N)CCCCC1)C1CC1. The Labute approximate surface area is 113 Å². The quantitative estimate of drug-likeness (QED) is 0.751. The molecule has 0 aliphatic heterocycles. The summed E-state index contributed by atoms with van der Waals surface area (Å²) in [6.07, 6.45) is 12.0. The van der Waals surface area contributed by atoms with E-state index in [1.807, 2.05) is 0 Å². The largest absolute Gasteiger partial charge is 0.325 e.